The fraction of sp³-hybridized carbons (Fsp3) is 0.353. The lowest BCUT2D eigenvalue weighted by Gasteiger charge is -2.06. The average molecular weight is 361 g/mol. The van der Waals surface area contributed by atoms with E-state index in [1.54, 1.807) is 11.3 Å². The minimum Gasteiger partial charge on any atom is -0.315 e. The van der Waals surface area contributed by atoms with Crippen molar-refractivity contribution < 1.29 is 4.79 Å². The van der Waals surface area contributed by atoms with Crippen molar-refractivity contribution in [2.24, 2.45) is 5.92 Å². The summed E-state index contributed by atoms with van der Waals surface area (Å²) < 4.78 is 1.98. The second-order valence-electron chi connectivity index (χ2n) is 6.11. The number of carbonyl (C=O) groups excluding carboxylic acids is 1. The molecule has 3 aromatic heterocycles. The molecule has 0 unspecified atom stereocenters. The zero-order valence-electron chi connectivity index (χ0n) is 14.2. The summed E-state index contributed by atoms with van der Waals surface area (Å²) >= 11 is 3.06. The van der Waals surface area contributed by atoms with Crippen LogP contribution < -0.4 is 5.32 Å². The largest absolute Gasteiger partial charge is 0.315 e. The number of hydrogen-bond donors (Lipinski definition) is 1. The Hall–Kier alpha value is -1.99. The van der Waals surface area contributed by atoms with Crippen LogP contribution in [0.5, 0.6) is 0 Å². The van der Waals surface area contributed by atoms with E-state index < -0.39 is 0 Å². The quantitative estimate of drug-likeness (QED) is 0.731. The molecular weight excluding hydrogens is 340 g/mol. The Kier molecular flexibility index (Phi) is 4.82. The smallest absolute Gasteiger partial charge is 0.260 e. The summed E-state index contributed by atoms with van der Waals surface area (Å²) in [5.74, 6) is 0.386. The van der Waals surface area contributed by atoms with E-state index in [0.29, 0.717) is 16.6 Å². The van der Waals surface area contributed by atoms with Crippen LogP contribution in [0.25, 0.3) is 5.00 Å². The SMILES string of the molecule is Cc1sc(-n2cccc2)c(C(=O)Nc2nnc(CC(C)C)s2)c1C. The lowest BCUT2D eigenvalue weighted by Crippen LogP contribution is -2.14. The van der Waals surface area contributed by atoms with Gasteiger partial charge in [-0.1, -0.05) is 25.2 Å². The van der Waals surface area contributed by atoms with Gasteiger partial charge in [0.25, 0.3) is 5.91 Å². The van der Waals surface area contributed by atoms with Crippen molar-refractivity contribution >= 4 is 33.7 Å². The molecule has 0 aliphatic heterocycles. The number of aromatic nitrogens is 3. The van der Waals surface area contributed by atoms with E-state index in [0.717, 1.165) is 26.9 Å². The van der Waals surface area contributed by atoms with Crippen molar-refractivity contribution in [2.75, 3.05) is 5.32 Å². The Bertz CT molecular complexity index is 846. The number of thiophene rings is 1. The molecule has 0 aliphatic rings. The molecule has 1 N–H and O–H groups in total. The molecule has 0 radical (unpaired) electrons. The van der Waals surface area contributed by atoms with E-state index in [9.17, 15) is 4.79 Å². The van der Waals surface area contributed by atoms with Crippen LogP contribution in [-0.4, -0.2) is 20.7 Å². The van der Waals surface area contributed by atoms with Crippen LogP contribution in [0.4, 0.5) is 5.13 Å². The van der Waals surface area contributed by atoms with Crippen molar-refractivity contribution in [3.05, 3.63) is 45.5 Å². The molecule has 0 saturated heterocycles. The van der Waals surface area contributed by atoms with Crippen molar-refractivity contribution in [3.63, 3.8) is 0 Å². The standard InChI is InChI=1S/C17H20N4OS2/c1-10(2)9-13-19-20-17(24-13)18-15(22)14-11(3)12(4)23-16(14)21-7-5-6-8-21/h5-8,10H,9H2,1-4H3,(H,18,20,22). The summed E-state index contributed by atoms with van der Waals surface area (Å²) in [6, 6.07) is 3.91. The van der Waals surface area contributed by atoms with Gasteiger partial charge in [-0.25, -0.2) is 0 Å². The molecule has 0 fully saturated rings. The Balaban J connectivity index is 1.86. The van der Waals surface area contributed by atoms with Crippen LogP contribution in [0, 0.1) is 19.8 Å². The van der Waals surface area contributed by atoms with Gasteiger partial charge in [0, 0.05) is 23.7 Å². The van der Waals surface area contributed by atoms with Gasteiger partial charge in [-0.05, 0) is 37.5 Å². The van der Waals surface area contributed by atoms with Gasteiger partial charge in [0.2, 0.25) is 5.13 Å². The third-order valence-electron chi connectivity index (χ3n) is 3.70. The highest BCUT2D eigenvalue weighted by Gasteiger charge is 2.21. The van der Waals surface area contributed by atoms with Gasteiger partial charge in [-0.2, -0.15) is 0 Å². The zero-order chi connectivity index (χ0) is 17.3. The highest BCUT2D eigenvalue weighted by molar-refractivity contribution is 7.15. The van der Waals surface area contributed by atoms with Gasteiger partial charge < -0.3 is 4.57 Å². The number of amides is 1. The lowest BCUT2D eigenvalue weighted by atomic mass is 10.1. The molecule has 126 valence electrons. The molecule has 0 saturated carbocycles. The monoisotopic (exact) mass is 360 g/mol. The Morgan fingerprint density at radius 2 is 1.92 bits per heavy atom. The molecule has 0 atom stereocenters. The van der Waals surface area contributed by atoms with Gasteiger partial charge in [-0.15, -0.1) is 21.5 Å². The highest BCUT2D eigenvalue weighted by Crippen LogP contribution is 2.32. The van der Waals surface area contributed by atoms with Crippen LogP contribution >= 0.6 is 22.7 Å². The summed E-state index contributed by atoms with van der Waals surface area (Å²) in [6.45, 7) is 8.30. The van der Waals surface area contributed by atoms with Crippen LogP contribution in [0.1, 0.15) is 39.7 Å². The maximum atomic E-state index is 12.8. The van der Waals surface area contributed by atoms with E-state index >= 15 is 0 Å². The number of hydrogen-bond acceptors (Lipinski definition) is 5. The van der Waals surface area contributed by atoms with Gasteiger partial charge in [0.05, 0.1) is 5.56 Å². The summed E-state index contributed by atoms with van der Waals surface area (Å²) in [5.41, 5.74) is 1.71. The van der Waals surface area contributed by atoms with E-state index in [-0.39, 0.29) is 5.91 Å². The van der Waals surface area contributed by atoms with Gasteiger partial charge in [0.15, 0.2) is 0 Å². The molecule has 0 aliphatic carbocycles. The van der Waals surface area contributed by atoms with Crippen LogP contribution in [-0.2, 0) is 6.42 Å². The predicted octanol–water partition coefficient (Wildman–Crippen LogP) is 4.46. The molecule has 24 heavy (non-hydrogen) atoms. The van der Waals surface area contributed by atoms with Crippen LogP contribution in [0.2, 0.25) is 0 Å². The topological polar surface area (TPSA) is 59.8 Å². The molecule has 3 aromatic rings. The molecule has 7 heteroatoms. The van der Waals surface area contributed by atoms with Gasteiger partial charge in [-0.3, -0.25) is 10.1 Å². The fourth-order valence-electron chi connectivity index (χ4n) is 2.42. The Labute approximate surface area is 149 Å². The first kappa shape index (κ1) is 16.9. The second kappa shape index (κ2) is 6.86. The van der Waals surface area contributed by atoms with Gasteiger partial charge in [0.1, 0.15) is 10.0 Å². The number of nitrogens with zero attached hydrogens (tertiary/aromatic N) is 3. The lowest BCUT2D eigenvalue weighted by molar-refractivity contribution is 0.102. The fourth-order valence-corrected chi connectivity index (χ4v) is 4.49. The van der Waals surface area contributed by atoms with E-state index in [1.807, 2.05) is 42.9 Å². The predicted molar refractivity (Wildman–Crippen MR) is 99.5 cm³/mol. The number of nitrogens with one attached hydrogen (secondary N) is 1. The molecule has 0 spiro atoms. The van der Waals surface area contributed by atoms with Crippen LogP contribution in [0.15, 0.2) is 24.5 Å². The summed E-state index contributed by atoms with van der Waals surface area (Å²) in [4.78, 5) is 14.0. The number of aryl methyl sites for hydroxylation is 1. The highest BCUT2D eigenvalue weighted by atomic mass is 32.1. The summed E-state index contributed by atoms with van der Waals surface area (Å²) in [5, 5.41) is 13.6. The van der Waals surface area contributed by atoms with Crippen molar-refractivity contribution in [1.82, 2.24) is 14.8 Å². The first-order valence-corrected chi connectivity index (χ1v) is 9.46. The van der Waals surface area contributed by atoms with E-state index in [4.69, 9.17) is 0 Å². The normalized spacial score (nSPS) is 11.2. The maximum absolute atomic E-state index is 12.8. The van der Waals surface area contributed by atoms with Crippen molar-refractivity contribution in [2.45, 2.75) is 34.1 Å². The van der Waals surface area contributed by atoms with E-state index in [1.165, 1.54) is 11.3 Å². The third kappa shape index (κ3) is 3.42. The molecule has 5 nitrogen and oxygen atoms in total. The average Bonchev–Trinajstić information content (AvgIpc) is 3.21. The second-order valence-corrected chi connectivity index (χ2v) is 8.37. The Morgan fingerprint density at radius 3 is 2.58 bits per heavy atom. The minimum absolute atomic E-state index is 0.132. The molecule has 0 bridgehead atoms. The third-order valence-corrected chi connectivity index (χ3v) is 5.78. The first-order valence-electron chi connectivity index (χ1n) is 7.82. The zero-order valence-corrected chi connectivity index (χ0v) is 15.8. The summed E-state index contributed by atoms with van der Waals surface area (Å²) in [6.07, 6.45) is 4.78. The molecule has 0 aromatic carbocycles. The maximum Gasteiger partial charge on any atom is 0.260 e. The summed E-state index contributed by atoms with van der Waals surface area (Å²) in [7, 11) is 0. The van der Waals surface area contributed by atoms with E-state index in [2.05, 4.69) is 29.4 Å². The first-order chi connectivity index (χ1) is 11.5. The van der Waals surface area contributed by atoms with Gasteiger partial charge >= 0.3 is 0 Å². The van der Waals surface area contributed by atoms with Crippen molar-refractivity contribution in [3.8, 4) is 5.00 Å². The molecule has 3 rings (SSSR count). The van der Waals surface area contributed by atoms with Crippen molar-refractivity contribution in [1.29, 1.82) is 0 Å². The molecular formula is C17H20N4OS2. The number of carbonyl (C=O) groups is 1. The Morgan fingerprint density at radius 1 is 1.21 bits per heavy atom. The van der Waals surface area contributed by atoms with Crippen LogP contribution in [0.3, 0.4) is 0 Å². The molecule has 1 amide bonds. The minimum atomic E-state index is -0.132. The number of anilines is 1. The molecule has 3 heterocycles. The number of rotatable bonds is 5.